The fraction of sp³-hybridized carbons (Fsp3) is 0. The van der Waals surface area contributed by atoms with Crippen LogP contribution >= 0.6 is 0 Å². The minimum Gasteiger partial charge on any atom is -0.453 e. The molecule has 0 saturated carbocycles. The number of nitrogens with zero attached hydrogens (tertiary/aromatic N) is 4. The molecule has 0 spiro atoms. The van der Waals surface area contributed by atoms with Crippen molar-refractivity contribution >= 4 is 65.3 Å². The van der Waals surface area contributed by atoms with E-state index in [1.807, 2.05) is 66.7 Å². The molecule has 3 heterocycles. The Bertz CT molecular complexity index is 3120. The first-order chi connectivity index (χ1) is 25.8. The van der Waals surface area contributed by atoms with Gasteiger partial charge in [-0.05, 0) is 51.9 Å². The van der Waals surface area contributed by atoms with Gasteiger partial charge in [-0.3, -0.25) is 0 Å². The van der Waals surface area contributed by atoms with E-state index in [2.05, 4.69) is 108 Å². The largest absolute Gasteiger partial charge is 0.453 e. The summed E-state index contributed by atoms with van der Waals surface area (Å²) >= 11 is 0. The zero-order chi connectivity index (χ0) is 34.2. The Morgan fingerprint density at radius 3 is 1.75 bits per heavy atom. The van der Waals surface area contributed by atoms with Gasteiger partial charge in [-0.15, -0.1) is 0 Å². The summed E-state index contributed by atoms with van der Waals surface area (Å²) in [5, 5.41) is 9.30. The minimum absolute atomic E-state index is 0.566. The standard InChI is InChI=1S/C47H28N4O/c1-3-13-30(14-4-1)45-48-46(31-15-5-2-6-16-31)50-47(49-45)40-20-11-19-38-39-27-26-37-36-18-9-10-21-41(36)51(42(37)44(39)52-43(38)40)33-24-25-35-32(28-33)23-22-29-12-7-8-17-34(29)35/h1-28H. The van der Waals surface area contributed by atoms with E-state index in [0.29, 0.717) is 17.5 Å². The summed E-state index contributed by atoms with van der Waals surface area (Å²) < 4.78 is 9.41. The van der Waals surface area contributed by atoms with Gasteiger partial charge in [0, 0.05) is 38.4 Å². The predicted molar refractivity (Wildman–Crippen MR) is 213 cm³/mol. The van der Waals surface area contributed by atoms with Gasteiger partial charge in [0.05, 0.1) is 16.6 Å². The van der Waals surface area contributed by atoms with Crippen LogP contribution in [0.25, 0.3) is 105 Å². The first-order valence-electron chi connectivity index (χ1n) is 17.5. The summed E-state index contributed by atoms with van der Waals surface area (Å²) in [6, 6.07) is 59.2. The molecule has 3 aromatic heterocycles. The summed E-state index contributed by atoms with van der Waals surface area (Å²) in [6.45, 7) is 0. The van der Waals surface area contributed by atoms with Crippen molar-refractivity contribution in [1.82, 2.24) is 19.5 Å². The molecular formula is C47H28N4O. The highest BCUT2D eigenvalue weighted by molar-refractivity contribution is 6.22. The molecule has 0 aliphatic carbocycles. The van der Waals surface area contributed by atoms with Gasteiger partial charge in [0.1, 0.15) is 5.58 Å². The van der Waals surface area contributed by atoms with E-state index in [-0.39, 0.29) is 0 Å². The van der Waals surface area contributed by atoms with Crippen molar-refractivity contribution in [3.05, 3.63) is 170 Å². The lowest BCUT2D eigenvalue weighted by atomic mass is 10.0. The summed E-state index contributed by atoms with van der Waals surface area (Å²) in [7, 11) is 0. The first kappa shape index (κ1) is 28.7. The van der Waals surface area contributed by atoms with Gasteiger partial charge >= 0.3 is 0 Å². The summed E-state index contributed by atoms with van der Waals surface area (Å²) in [5.74, 6) is 1.80. The van der Waals surface area contributed by atoms with Crippen molar-refractivity contribution in [2.75, 3.05) is 0 Å². The highest BCUT2D eigenvalue weighted by Crippen LogP contribution is 2.43. The van der Waals surface area contributed by atoms with Crippen molar-refractivity contribution in [1.29, 1.82) is 0 Å². The number of hydrogen-bond acceptors (Lipinski definition) is 4. The van der Waals surface area contributed by atoms with Gasteiger partial charge < -0.3 is 8.98 Å². The number of furan rings is 1. The second-order valence-electron chi connectivity index (χ2n) is 13.2. The quantitative estimate of drug-likeness (QED) is 0.176. The Morgan fingerprint density at radius 1 is 0.385 bits per heavy atom. The van der Waals surface area contributed by atoms with Gasteiger partial charge in [-0.1, -0.05) is 140 Å². The van der Waals surface area contributed by atoms with E-state index in [4.69, 9.17) is 19.4 Å². The van der Waals surface area contributed by atoms with E-state index in [0.717, 1.165) is 60.7 Å². The molecule has 242 valence electrons. The molecule has 0 aliphatic rings. The lowest BCUT2D eigenvalue weighted by Crippen LogP contribution is -2.00. The minimum atomic E-state index is 0.566. The molecule has 0 unspecified atom stereocenters. The number of fused-ring (bicyclic) bond motifs is 10. The monoisotopic (exact) mass is 664 g/mol. The van der Waals surface area contributed by atoms with Gasteiger partial charge in [0.2, 0.25) is 0 Å². The fourth-order valence-electron chi connectivity index (χ4n) is 7.82. The van der Waals surface area contributed by atoms with Crippen molar-refractivity contribution in [3.8, 4) is 39.9 Å². The van der Waals surface area contributed by atoms with Crippen LogP contribution in [0.4, 0.5) is 0 Å². The van der Waals surface area contributed by atoms with Crippen LogP contribution in [0.15, 0.2) is 174 Å². The molecule has 0 atom stereocenters. The smallest absolute Gasteiger partial charge is 0.167 e. The van der Waals surface area contributed by atoms with Crippen LogP contribution in [0.1, 0.15) is 0 Å². The van der Waals surface area contributed by atoms with E-state index in [1.54, 1.807) is 0 Å². The number of rotatable bonds is 4. The Balaban J connectivity index is 1.18. The Morgan fingerprint density at radius 2 is 0.962 bits per heavy atom. The highest BCUT2D eigenvalue weighted by Gasteiger charge is 2.22. The highest BCUT2D eigenvalue weighted by atomic mass is 16.3. The summed E-state index contributed by atoms with van der Waals surface area (Å²) in [6.07, 6.45) is 0. The second-order valence-corrected chi connectivity index (χ2v) is 13.2. The topological polar surface area (TPSA) is 56.7 Å². The number of para-hydroxylation sites is 2. The number of benzene rings is 8. The molecule has 5 nitrogen and oxygen atoms in total. The third-order valence-electron chi connectivity index (χ3n) is 10.2. The molecule has 0 fully saturated rings. The van der Waals surface area contributed by atoms with E-state index in [1.165, 1.54) is 26.9 Å². The Labute approximate surface area is 298 Å². The van der Waals surface area contributed by atoms with Gasteiger partial charge in [-0.2, -0.15) is 0 Å². The van der Waals surface area contributed by atoms with Crippen LogP contribution in [-0.4, -0.2) is 19.5 Å². The Kier molecular flexibility index (Phi) is 6.18. The molecule has 11 rings (SSSR count). The third kappa shape index (κ3) is 4.33. The van der Waals surface area contributed by atoms with E-state index in [9.17, 15) is 0 Å². The maximum atomic E-state index is 7.06. The molecular weight excluding hydrogens is 637 g/mol. The average Bonchev–Trinajstić information content (AvgIpc) is 3.77. The normalized spacial score (nSPS) is 11.8. The molecule has 8 aromatic carbocycles. The maximum Gasteiger partial charge on any atom is 0.167 e. The van der Waals surface area contributed by atoms with Crippen molar-refractivity contribution < 1.29 is 4.42 Å². The number of aromatic nitrogens is 4. The molecule has 0 N–H and O–H groups in total. The van der Waals surface area contributed by atoms with Crippen LogP contribution in [0.2, 0.25) is 0 Å². The van der Waals surface area contributed by atoms with Crippen molar-refractivity contribution in [3.63, 3.8) is 0 Å². The molecule has 0 aliphatic heterocycles. The zero-order valence-corrected chi connectivity index (χ0v) is 27.9. The van der Waals surface area contributed by atoms with Gasteiger partial charge in [0.15, 0.2) is 23.1 Å². The summed E-state index contributed by atoms with van der Waals surface area (Å²) in [5.41, 5.74) is 7.49. The first-order valence-corrected chi connectivity index (χ1v) is 17.5. The predicted octanol–water partition coefficient (Wildman–Crippen LogP) is 12.2. The second kappa shape index (κ2) is 11.2. The molecule has 0 bridgehead atoms. The maximum absolute atomic E-state index is 7.06. The van der Waals surface area contributed by atoms with Gasteiger partial charge in [-0.25, -0.2) is 15.0 Å². The molecule has 52 heavy (non-hydrogen) atoms. The van der Waals surface area contributed by atoms with Crippen molar-refractivity contribution in [2.45, 2.75) is 0 Å². The van der Waals surface area contributed by atoms with Crippen LogP contribution in [0, 0.1) is 0 Å². The molecule has 0 saturated heterocycles. The van der Waals surface area contributed by atoms with E-state index < -0.39 is 0 Å². The van der Waals surface area contributed by atoms with E-state index >= 15 is 0 Å². The van der Waals surface area contributed by atoms with Crippen molar-refractivity contribution in [2.24, 2.45) is 0 Å². The van der Waals surface area contributed by atoms with Crippen LogP contribution in [0.5, 0.6) is 0 Å². The molecule has 0 amide bonds. The average molecular weight is 665 g/mol. The Hall–Kier alpha value is -7.11. The molecule has 0 radical (unpaired) electrons. The fourth-order valence-corrected chi connectivity index (χ4v) is 7.82. The van der Waals surface area contributed by atoms with Crippen LogP contribution < -0.4 is 0 Å². The lowest BCUT2D eigenvalue weighted by molar-refractivity contribution is 0.671. The lowest BCUT2D eigenvalue weighted by Gasteiger charge is -2.11. The molecule has 11 aromatic rings. The zero-order valence-electron chi connectivity index (χ0n) is 27.9. The third-order valence-corrected chi connectivity index (χ3v) is 10.2. The van der Waals surface area contributed by atoms with Crippen LogP contribution in [0.3, 0.4) is 0 Å². The van der Waals surface area contributed by atoms with Gasteiger partial charge in [0.25, 0.3) is 0 Å². The molecule has 5 heteroatoms. The SMILES string of the molecule is c1ccc(-c2nc(-c3ccccc3)nc(-c3cccc4c3oc3c4ccc4c5ccccc5n(-c5ccc6c(ccc7ccccc76)c5)c43)n2)cc1. The summed E-state index contributed by atoms with van der Waals surface area (Å²) in [4.78, 5) is 15.0. The van der Waals surface area contributed by atoms with Crippen LogP contribution in [-0.2, 0) is 0 Å². The number of hydrogen-bond donors (Lipinski definition) is 0.